The van der Waals surface area contributed by atoms with Crippen LogP contribution in [0.15, 0.2) is 29.2 Å². The summed E-state index contributed by atoms with van der Waals surface area (Å²) in [7, 11) is 0. The van der Waals surface area contributed by atoms with Crippen molar-refractivity contribution in [3.05, 3.63) is 24.3 Å². The quantitative estimate of drug-likeness (QED) is 0.867. The van der Waals surface area contributed by atoms with Gasteiger partial charge in [-0.2, -0.15) is 0 Å². The zero-order valence-corrected chi connectivity index (χ0v) is 14.3. The fourth-order valence-corrected chi connectivity index (χ4v) is 3.05. The van der Waals surface area contributed by atoms with E-state index in [1.54, 1.807) is 11.8 Å². The van der Waals surface area contributed by atoms with Gasteiger partial charge < -0.3 is 10.2 Å². The van der Waals surface area contributed by atoms with Crippen LogP contribution in [0.5, 0.6) is 0 Å². The highest BCUT2D eigenvalue weighted by molar-refractivity contribution is 7.98. The standard InChI is InChI=1S/C17H24N2O2S/c1-12(2)17(21)19-10-8-13(9-11-19)16(20)18-14-4-6-15(22-3)7-5-14/h4-7,12-13H,8-11H2,1-3H3,(H,18,20). The monoisotopic (exact) mass is 320 g/mol. The van der Waals surface area contributed by atoms with Gasteiger partial charge >= 0.3 is 0 Å². The number of nitrogens with one attached hydrogen (secondary N) is 1. The van der Waals surface area contributed by atoms with Crippen LogP contribution < -0.4 is 5.32 Å². The number of likely N-dealkylation sites (tertiary alicyclic amines) is 1. The molecule has 2 amide bonds. The maximum atomic E-state index is 12.3. The zero-order chi connectivity index (χ0) is 16.1. The summed E-state index contributed by atoms with van der Waals surface area (Å²) in [6.45, 7) is 5.19. The second-order valence-corrected chi connectivity index (χ2v) is 6.85. The predicted octanol–water partition coefficient (Wildman–Crippen LogP) is 3.24. The molecule has 1 aliphatic heterocycles. The number of anilines is 1. The van der Waals surface area contributed by atoms with Crippen molar-refractivity contribution in [3.8, 4) is 0 Å². The molecule has 0 unspecified atom stereocenters. The predicted molar refractivity (Wildman–Crippen MR) is 91.0 cm³/mol. The Labute approximate surface area is 136 Å². The Kier molecular flexibility index (Phi) is 5.89. The fraction of sp³-hybridized carbons (Fsp3) is 0.529. The first-order valence-electron chi connectivity index (χ1n) is 7.75. The largest absolute Gasteiger partial charge is 0.342 e. The lowest BCUT2D eigenvalue weighted by atomic mass is 9.95. The van der Waals surface area contributed by atoms with E-state index in [-0.39, 0.29) is 23.7 Å². The maximum absolute atomic E-state index is 12.3. The first-order valence-corrected chi connectivity index (χ1v) is 8.97. The molecule has 120 valence electrons. The molecule has 0 saturated carbocycles. The molecule has 22 heavy (non-hydrogen) atoms. The van der Waals surface area contributed by atoms with Gasteiger partial charge in [-0.3, -0.25) is 9.59 Å². The molecule has 1 aromatic carbocycles. The van der Waals surface area contributed by atoms with Crippen LogP contribution in [0.1, 0.15) is 26.7 Å². The third kappa shape index (κ3) is 4.26. The Morgan fingerprint density at radius 2 is 1.77 bits per heavy atom. The highest BCUT2D eigenvalue weighted by atomic mass is 32.2. The van der Waals surface area contributed by atoms with Crippen molar-refractivity contribution >= 4 is 29.3 Å². The van der Waals surface area contributed by atoms with Crippen LogP contribution in [-0.2, 0) is 9.59 Å². The Balaban J connectivity index is 1.85. The maximum Gasteiger partial charge on any atom is 0.227 e. The number of hydrogen-bond donors (Lipinski definition) is 1. The van der Waals surface area contributed by atoms with E-state index in [0.717, 1.165) is 18.5 Å². The van der Waals surface area contributed by atoms with Crippen LogP contribution >= 0.6 is 11.8 Å². The molecule has 0 aromatic heterocycles. The summed E-state index contributed by atoms with van der Waals surface area (Å²) in [5.41, 5.74) is 0.837. The lowest BCUT2D eigenvalue weighted by Gasteiger charge is -2.32. The van der Waals surface area contributed by atoms with E-state index < -0.39 is 0 Å². The van der Waals surface area contributed by atoms with Gasteiger partial charge in [0.15, 0.2) is 0 Å². The van der Waals surface area contributed by atoms with E-state index in [2.05, 4.69) is 5.32 Å². The molecule has 0 bridgehead atoms. The van der Waals surface area contributed by atoms with Gasteiger partial charge in [0.2, 0.25) is 11.8 Å². The van der Waals surface area contributed by atoms with E-state index in [1.165, 1.54) is 4.90 Å². The molecule has 1 aliphatic rings. The molecule has 1 aromatic rings. The molecular weight excluding hydrogens is 296 g/mol. The first-order chi connectivity index (χ1) is 10.5. The molecule has 1 saturated heterocycles. The summed E-state index contributed by atoms with van der Waals surface area (Å²) in [4.78, 5) is 27.3. The highest BCUT2D eigenvalue weighted by Gasteiger charge is 2.28. The van der Waals surface area contributed by atoms with Crippen molar-refractivity contribution in [2.45, 2.75) is 31.6 Å². The first kappa shape index (κ1) is 16.9. The Morgan fingerprint density at radius 1 is 1.18 bits per heavy atom. The normalized spacial score (nSPS) is 15.9. The van der Waals surface area contributed by atoms with Crippen molar-refractivity contribution in [3.63, 3.8) is 0 Å². The molecule has 0 aliphatic carbocycles. The Bertz CT molecular complexity index is 520. The summed E-state index contributed by atoms with van der Waals surface area (Å²) in [6.07, 6.45) is 3.51. The van der Waals surface area contributed by atoms with Crippen LogP contribution in [-0.4, -0.2) is 36.1 Å². The van der Waals surface area contributed by atoms with Gasteiger partial charge in [0, 0.05) is 35.5 Å². The minimum atomic E-state index is -0.00330. The van der Waals surface area contributed by atoms with E-state index in [0.29, 0.717) is 13.1 Å². The lowest BCUT2D eigenvalue weighted by Crippen LogP contribution is -2.43. The van der Waals surface area contributed by atoms with E-state index in [1.807, 2.05) is 49.3 Å². The highest BCUT2D eigenvalue weighted by Crippen LogP contribution is 2.22. The van der Waals surface area contributed by atoms with Gasteiger partial charge in [0.05, 0.1) is 0 Å². The lowest BCUT2D eigenvalue weighted by molar-refractivity contribution is -0.137. The Hall–Kier alpha value is -1.49. The summed E-state index contributed by atoms with van der Waals surface area (Å²) in [5, 5.41) is 2.98. The minimum absolute atomic E-state index is 0.00330. The molecule has 0 radical (unpaired) electrons. The van der Waals surface area contributed by atoms with Crippen LogP contribution in [0.25, 0.3) is 0 Å². The number of carbonyl (C=O) groups is 2. The molecule has 1 N–H and O–H groups in total. The number of thioether (sulfide) groups is 1. The molecule has 2 rings (SSSR count). The van der Waals surface area contributed by atoms with Crippen molar-refractivity contribution in [2.75, 3.05) is 24.7 Å². The van der Waals surface area contributed by atoms with E-state index >= 15 is 0 Å². The van der Waals surface area contributed by atoms with Crippen molar-refractivity contribution in [2.24, 2.45) is 11.8 Å². The summed E-state index contributed by atoms with van der Waals surface area (Å²) in [5.74, 6) is 0.275. The van der Waals surface area contributed by atoms with Gasteiger partial charge in [-0.25, -0.2) is 0 Å². The number of hydrogen-bond acceptors (Lipinski definition) is 3. The van der Waals surface area contributed by atoms with Gasteiger partial charge in [0.1, 0.15) is 0 Å². The van der Waals surface area contributed by atoms with Crippen LogP contribution in [0.2, 0.25) is 0 Å². The third-order valence-corrected chi connectivity index (χ3v) is 4.77. The zero-order valence-electron chi connectivity index (χ0n) is 13.5. The van der Waals surface area contributed by atoms with Crippen molar-refractivity contribution in [1.82, 2.24) is 4.90 Å². The van der Waals surface area contributed by atoms with Crippen LogP contribution in [0.3, 0.4) is 0 Å². The average molecular weight is 320 g/mol. The SMILES string of the molecule is CSc1ccc(NC(=O)C2CCN(C(=O)C(C)C)CC2)cc1. The van der Waals surface area contributed by atoms with Gasteiger partial charge in [0.25, 0.3) is 0 Å². The number of carbonyl (C=O) groups excluding carboxylic acids is 2. The number of benzene rings is 1. The third-order valence-electron chi connectivity index (χ3n) is 4.03. The number of amides is 2. The second kappa shape index (κ2) is 7.68. The van der Waals surface area contributed by atoms with Gasteiger partial charge in [-0.1, -0.05) is 13.8 Å². The molecule has 5 heteroatoms. The molecule has 4 nitrogen and oxygen atoms in total. The smallest absolute Gasteiger partial charge is 0.227 e. The molecule has 0 spiro atoms. The number of rotatable bonds is 4. The number of nitrogens with zero attached hydrogens (tertiary/aromatic N) is 1. The van der Waals surface area contributed by atoms with E-state index in [9.17, 15) is 9.59 Å². The van der Waals surface area contributed by atoms with Crippen LogP contribution in [0.4, 0.5) is 5.69 Å². The van der Waals surface area contributed by atoms with Crippen LogP contribution in [0, 0.1) is 11.8 Å². The van der Waals surface area contributed by atoms with Crippen molar-refractivity contribution < 1.29 is 9.59 Å². The fourth-order valence-electron chi connectivity index (χ4n) is 2.65. The minimum Gasteiger partial charge on any atom is -0.342 e. The summed E-state index contributed by atoms with van der Waals surface area (Å²) < 4.78 is 0. The summed E-state index contributed by atoms with van der Waals surface area (Å²) >= 11 is 1.68. The average Bonchev–Trinajstić information content (AvgIpc) is 2.55. The molecule has 0 atom stereocenters. The molecular formula is C17H24N2O2S. The summed E-state index contributed by atoms with van der Waals surface area (Å²) in [6, 6.07) is 7.87. The second-order valence-electron chi connectivity index (χ2n) is 5.97. The van der Waals surface area contributed by atoms with Gasteiger partial charge in [-0.05, 0) is 43.4 Å². The van der Waals surface area contributed by atoms with E-state index in [4.69, 9.17) is 0 Å². The van der Waals surface area contributed by atoms with Gasteiger partial charge in [-0.15, -0.1) is 11.8 Å². The van der Waals surface area contributed by atoms with Crippen molar-refractivity contribution in [1.29, 1.82) is 0 Å². The molecule has 1 heterocycles. The molecule has 1 fully saturated rings. The Morgan fingerprint density at radius 3 is 2.27 bits per heavy atom. The topological polar surface area (TPSA) is 49.4 Å². The number of piperidine rings is 1.